The summed E-state index contributed by atoms with van der Waals surface area (Å²) < 4.78 is 0. The minimum atomic E-state index is -0.467. The first-order valence-corrected chi connectivity index (χ1v) is 6.03. The highest BCUT2D eigenvalue weighted by molar-refractivity contribution is 5.55. The fraction of sp³-hybridized carbons (Fsp3) is 0.143. The second-order valence-corrected chi connectivity index (χ2v) is 4.12. The summed E-state index contributed by atoms with van der Waals surface area (Å²) in [4.78, 5) is 14.3. The van der Waals surface area contributed by atoms with Crippen molar-refractivity contribution < 1.29 is 4.92 Å². The predicted octanol–water partition coefficient (Wildman–Crippen LogP) is 2.52. The molecule has 0 unspecified atom stereocenters. The topological polar surface area (TPSA) is 91.8 Å². The van der Waals surface area contributed by atoms with Crippen molar-refractivity contribution >= 4 is 11.5 Å². The molecule has 0 atom stereocenters. The van der Waals surface area contributed by atoms with Crippen LogP contribution in [0.4, 0.5) is 11.5 Å². The maximum Gasteiger partial charge on any atom is 0.311 e. The molecule has 100 valence electrons. The number of nitro groups is 1. The molecule has 0 spiro atoms. The van der Waals surface area contributed by atoms with Crippen LogP contribution in [0.25, 0.3) is 0 Å². The van der Waals surface area contributed by atoms with Gasteiger partial charge >= 0.3 is 5.69 Å². The highest BCUT2D eigenvalue weighted by atomic mass is 16.6. The number of anilines is 1. The number of nitriles is 1. The van der Waals surface area contributed by atoms with Gasteiger partial charge in [-0.3, -0.25) is 10.1 Å². The molecule has 6 heteroatoms. The van der Waals surface area contributed by atoms with E-state index in [-0.39, 0.29) is 11.5 Å². The van der Waals surface area contributed by atoms with Crippen LogP contribution >= 0.6 is 0 Å². The van der Waals surface area contributed by atoms with Gasteiger partial charge in [-0.2, -0.15) is 5.26 Å². The zero-order chi connectivity index (χ0) is 14.4. The molecule has 0 bridgehead atoms. The summed E-state index contributed by atoms with van der Waals surface area (Å²) in [6.45, 7) is 0.507. The molecule has 1 heterocycles. The first-order chi connectivity index (χ1) is 9.70. The molecule has 0 aliphatic heterocycles. The normalized spacial score (nSPS) is 9.75. The summed E-state index contributed by atoms with van der Waals surface area (Å²) in [5.41, 5.74) is 1.56. The van der Waals surface area contributed by atoms with Crippen LogP contribution in [0.5, 0.6) is 0 Å². The Kier molecular flexibility index (Phi) is 4.24. The van der Waals surface area contributed by atoms with Crippen molar-refractivity contribution in [1.29, 1.82) is 5.26 Å². The van der Waals surface area contributed by atoms with Gasteiger partial charge in [0, 0.05) is 18.8 Å². The quantitative estimate of drug-likeness (QED) is 0.664. The minimum Gasteiger partial charge on any atom is -0.364 e. The minimum absolute atomic E-state index is 0.0433. The average molecular weight is 268 g/mol. The van der Waals surface area contributed by atoms with E-state index < -0.39 is 4.92 Å². The number of aromatic nitrogens is 1. The van der Waals surface area contributed by atoms with E-state index >= 15 is 0 Å². The van der Waals surface area contributed by atoms with E-state index in [0.717, 1.165) is 5.56 Å². The number of pyridine rings is 1. The van der Waals surface area contributed by atoms with Crippen LogP contribution in [0.15, 0.2) is 42.6 Å². The highest BCUT2D eigenvalue weighted by Gasteiger charge is 2.12. The lowest BCUT2D eigenvalue weighted by atomic mass is 10.1. The number of hydrogen-bond donors (Lipinski definition) is 1. The molecule has 1 N–H and O–H groups in total. The second kappa shape index (κ2) is 6.29. The molecule has 0 radical (unpaired) electrons. The molecule has 20 heavy (non-hydrogen) atoms. The fourth-order valence-electron chi connectivity index (χ4n) is 1.80. The molecule has 0 saturated carbocycles. The van der Waals surface area contributed by atoms with Gasteiger partial charge in [0.15, 0.2) is 0 Å². The fourth-order valence-corrected chi connectivity index (χ4v) is 1.80. The Morgan fingerprint density at radius 2 is 2.20 bits per heavy atom. The van der Waals surface area contributed by atoms with E-state index in [1.807, 2.05) is 12.1 Å². The molecule has 0 saturated heterocycles. The lowest BCUT2D eigenvalue weighted by molar-refractivity contribution is -0.384. The Hall–Kier alpha value is -2.94. The van der Waals surface area contributed by atoms with E-state index in [4.69, 9.17) is 5.26 Å². The number of benzene rings is 1. The van der Waals surface area contributed by atoms with Crippen LogP contribution in [0.1, 0.15) is 11.1 Å². The second-order valence-electron chi connectivity index (χ2n) is 4.12. The van der Waals surface area contributed by atoms with Crippen molar-refractivity contribution in [2.75, 3.05) is 11.9 Å². The molecular weight excluding hydrogens is 256 g/mol. The summed E-state index contributed by atoms with van der Waals surface area (Å²) in [5.74, 6) is 0.258. The summed E-state index contributed by atoms with van der Waals surface area (Å²) in [6, 6.07) is 12.3. The summed E-state index contributed by atoms with van der Waals surface area (Å²) in [7, 11) is 0. The van der Waals surface area contributed by atoms with Crippen LogP contribution in [0.3, 0.4) is 0 Å². The van der Waals surface area contributed by atoms with E-state index in [1.165, 1.54) is 18.3 Å². The van der Waals surface area contributed by atoms with Gasteiger partial charge < -0.3 is 5.32 Å². The summed E-state index contributed by atoms with van der Waals surface area (Å²) >= 11 is 0. The van der Waals surface area contributed by atoms with Gasteiger partial charge in [0.1, 0.15) is 0 Å². The van der Waals surface area contributed by atoms with Crippen molar-refractivity contribution in [3.63, 3.8) is 0 Å². The van der Waals surface area contributed by atoms with Gasteiger partial charge in [-0.05, 0) is 30.2 Å². The predicted molar refractivity (Wildman–Crippen MR) is 74.2 cm³/mol. The number of nitrogens with zero attached hydrogens (tertiary/aromatic N) is 3. The van der Waals surface area contributed by atoms with Crippen LogP contribution < -0.4 is 5.32 Å². The van der Waals surface area contributed by atoms with Crippen molar-refractivity contribution in [3.8, 4) is 6.07 Å². The number of hydrogen-bond acceptors (Lipinski definition) is 5. The van der Waals surface area contributed by atoms with Crippen LogP contribution in [0.2, 0.25) is 0 Å². The van der Waals surface area contributed by atoms with E-state index in [2.05, 4.69) is 16.4 Å². The van der Waals surface area contributed by atoms with Crippen LogP contribution in [-0.2, 0) is 6.42 Å². The largest absolute Gasteiger partial charge is 0.364 e. The zero-order valence-electron chi connectivity index (χ0n) is 10.6. The average Bonchev–Trinajstić information content (AvgIpc) is 2.48. The Bertz CT molecular complexity index is 664. The van der Waals surface area contributed by atoms with E-state index in [1.54, 1.807) is 12.1 Å². The summed E-state index contributed by atoms with van der Waals surface area (Å²) in [5, 5.41) is 22.6. The molecule has 2 rings (SSSR count). The number of rotatable bonds is 5. The lowest BCUT2D eigenvalue weighted by Crippen LogP contribution is -2.08. The number of nitrogens with one attached hydrogen (secondary N) is 1. The maximum absolute atomic E-state index is 10.8. The molecule has 6 nitrogen and oxygen atoms in total. The van der Waals surface area contributed by atoms with Gasteiger partial charge in [0.25, 0.3) is 0 Å². The Morgan fingerprint density at radius 3 is 2.95 bits per heavy atom. The molecule has 1 aromatic heterocycles. The third kappa shape index (κ3) is 3.29. The van der Waals surface area contributed by atoms with Crippen LogP contribution in [-0.4, -0.2) is 16.5 Å². The molecule has 0 fully saturated rings. The first-order valence-electron chi connectivity index (χ1n) is 6.03. The standard InChI is InChI=1S/C14H12N4O2/c15-10-12-4-1-3-11(9-12)6-8-17-14-13(18(19)20)5-2-7-16-14/h1-5,7,9H,6,8H2,(H,16,17). The monoisotopic (exact) mass is 268 g/mol. The van der Waals surface area contributed by atoms with E-state index in [0.29, 0.717) is 18.5 Å². The molecular formula is C14H12N4O2. The third-order valence-corrected chi connectivity index (χ3v) is 2.75. The molecule has 0 amide bonds. The van der Waals surface area contributed by atoms with Gasteiger partial charge in [-0.1, -0.05) is 12.1 Å². The van der Waals surface area contributed by atoms with Gasteiger partial charge in [0.05, 0.1) is 16.6 Å². The van der Waals surface area contributed by atoms with Crippen molar-refractivity contribution in [2.45, 2.75) is 6.42 Å². The SMILES string of the molecule is N#Cc1cccc(CCNc2ncccc2[N+](=O)[O-])c1. The van der Waals surface area contributed by atoms with Gasteiger partial charge in [0.2, 0.25) is 5.82 Å². The maximum atomic E-state index is 10.8. The zero-order valence-corrected chi connectivity index (χ0v) is 10.6. The van der Waals surface area contributed by atoms with Crippen LogP contribution in [0, 0.1) is 21.4 Å². The molecule has 0 aliphatic carbocycles. The Balaban J connectivity index is 2.00. The molecule has 1 aromatic carbocycles. The van der Waals surface area contributed by atoms with Crippen molar-refractivity contribution in [3.05, 3.63) is 63.8 Å². The van der Waals surface area contributed by atoms with Gasteiger partial charge in [-0.15, -0.1) is 0 Å². The first kappa shape index (κ1) is 13.5. The highest BCUT2D eigenvalue weighted by Crippen LogP contribution is 2.20. The Labute approximate surface area is 115 Å². The molecule has 0 aliphatic rings. The van der Waals surface area contributed by atoms with Gasteiger partial charge in [-0.25, -0.2) is 4.98 Å². The lowest BCUT2D eigenvalue weighted by Gasteiger charge is -2.06. The van der Waals surface area contributed by atoms with Crippen molar-refractivity contribution in [2.24, 2.45) is 0 Å². The molecule has 2 aromatic rings. The van der Waals surface area contributed by atoms with Crippen molar-refractivity contribution in [1.82, 2.24) is 4.98 Å². The smallest absolute Gasteiger partial charge is 0.311 e. The summed E-state index contributed by atoms with van der Waals surface area (Å²) in [6.07, 6.45) is 2.16. The third-order valence-electron chi connectivity index (χ3n) is 2.75. The Morgan fingerprint density at radius 1 is 1.35 bits per heavy atom. The van der Waals surface area contributed by atoms with E-state index in [9.17, 15) is 10.1 Å².